The van der Waals surface area contributed by atoms with Crippen molar-refractivity contribution >= 4 is 18.6 Å². The average molecular weight is 366 g/mol. The summed E-state index contributed by atoms with van der Waals surface area (Å²) in [7, 11) is -1.39. The maximum Gasteiger partial charge on any atom is 0.231 e. The summed E-state index contributed by atoms with van der Waals surface area (Å²) in [5, 5.41) is 0.692. The van der Waals surface area contributed by atoms with Gasteiger partial charge in [0.25, 0.3) is 0 Å². The number of allylic oxidation sites excluding steroid dienone is 1. The fourth-order valence-electron chi connectivity index (χ4n) is 2.63. The van der Waals surface area contributed by atoms with Crippen LogP contribution < -0.4 is 10.0 Å². The fourth-order valence-corrected chi connectivity index (χ4v) is 4.48. The van der Waals surface area contributed by atoms with Crippen LogP contribution in [-0.4, -0.2) is 25.8 Å². The zero-order valence-electron chi connectivity index (χ0n) is 15.5. The number of unbranched alkanes of at least 4 members (excludes halogenated alkanes) is 6. The highest BCUT2D eigenvalue weighted by atomic mass is 31.2. The molecule has 1 rings (SSSR count). The molecule has 0 aromatic heterocycles. The summed E-state index contributed by atoms with van der Waals surface area (Å²) >= 11 is 0. The molecule has 0 radical (unpaired) electrons. The van der Waals surface area contributed by atoms with E-state index < -0.39 is 7.37 Å². The van der Waals surface area contributed by atoms with Crippen LogP contribution in [-0.2, 0) is 13.9 Å². The van der Waals surface area contributed by atoms with Gasteiger partial charge in [-0.25, -0.2) is 4.79 Å². The zero-order valence-corrected chi connectivity index (χ0v) is 16.4. The molecule has 1 aromatic carbocycles. The van der Waals surface area contributed by atoms with Crippen LogP contribution in [0.2, 0.25) is 0 Å². The summed E-state index contributed by atoms with van der Waals surface area (Å²) in [6.45, 7) is 2.93. The molecule has 0 saturated carbocycles. The van der Waals surface area contributed by atoms with Crippen molar-refractivity contribution < 1.29 is 18.6 Å². The quantitative estimate of drug-likeness (QED) is 0.260. The molecule has 0 aliphatic rings. The van der Waals surface area contributed by atoms with E-state index in [0.717, 1.165) is 12.2 Å². The Bertz CT molecular complexity index is 562. The molecule has 4 nitrogen and oxygen atoms in total. The van der Waals surface area contributed by atoms with E-state index >= 15 is 0 Å². The molecule has 0 aliphatic heterocycles. The van der Waals surface area contributed by atoms with Crippen LogP contribution in [0.5, 0.6) is 5.75 Å². The van der Waals surface area contributed by atoms with Crippen LogP contribution >= 0.6 is 7.37 Å². The number of hydrogen-bond acceptors (Lipinski definition) is 4. The Kier molecular flexibility index (Phi) is 11.2. The van der Waals surface area contributed by atoms with Crippen molar-refractivity contribution in [3.8, 4) is 5.75 Å². The normalized spacial score (nSPS) is 13.0. The first kappa shape index (κ1) is 21.7. The van der Waals surface area contributed by atoms with Crippen molar-refractivity contribution in [2.45, 2.75) is 58.3 Å². The Morgan fingerprint density at radius 2 is 1.72 bits per heavy atom. The average Bonchev–Trinajstić information content (AvgIpc) is 2.65. The van der Waals surface area contributed by atoms with Gasteiger partial charge in [-0.2, -0.15) is 0 Å². The van der Waals surface area contributed by atoms with E-state index in [4.69, 9.17) is 9.26 Å². The van der Waals surface area contributed by atoms with Gasteiger partial charge in [0.05, 0.1) is 6.61 Å². The lowest BCUT2D eigenvalue weighted by molar-refractivity contribution is 0.304. The Labute approximate surface area is 152 Å². The summed E-state index contributed by atoms with van der Waals surface area (Å²) in [6.07, 6.45) is 10.5. The lowest BCUT2D eigenvalue weighted by atomic mass is 10.1. The highest BCUT2D eigenvalue weighted by Crippen LogP contribution is 2.45. The molecule has 0 bridgehead atoms. The fraction of sp³-hybridized carbons (Fsp3) is 0.600. The van der Waals surface area contributed by atoms with E-state index in [1.807, 2.05) is 24.3 Å². The van der Waals surface area contributed by atoms with Crippen molar-refractivity contribution in [3.63, 3.8) is 0 Å². The lowest BCUT2D eigenvalue weighted by Crippen LogP contribution is -2.09. The molecule has 0 aliphatic carbocycles. The molecule has 0 heterocycles. The Morgan fingerprint density at radius 1 is 1.04 bits per heavy atom. The predicted octanol–water partition coefficient (Wildman–Crippen LogP) is 5.14. The van der Waals surface area contributed by atoms with E-state index in [-0.39, 0.29) is 0 Å². The maximum atomic E-state index is 12.9. The summed E-state index contributed by atoms with van der Waals surface area (Å²) in [6, 6.07) is 7.33. The number of ether oxygens (including phenoxy) is 1. The maximum absolute atomic E-state index is 12.9. The summed E-state index contributed by atoms with van der Waals surface area (Å²) < 4.78 is 23.9. The highest BCUT2D eigenvalue weighted by Gasteiger charge is 2.23. The standard InChI is InChI=1S/C20H31O4P/c1-3-4-5-6-7-10-17-24-19-12-14-20(15-13-19)25(22,23-2)18-11-8-9-16-21/h9,12-15H,3-8,10-11,17-18H2,1-2H3. The van der Waals surface area contributed by atoms with Gasteiger partial charge in [-0.05, 0) is 49.6 Å². The first-order chi connectivity index (χ1) is 12.2. The second-order valence-corrected chi connectivity index (χ2v) is 8.83. The van der Waals surface area contributed by atoms with Crippen LogP contribution in [0.3, 0.4) is 0 Å². The third-order valence-corrected chi connectivity index (χ3v) is 6.76. The van der Waals surface area contributed by atoms with Crippen molar-refractivity contribution in [1.29, 1.82) is 0 Å². The minimum Gasteiger partial charge on any atom is -0.494 e. The van der Waals surface area contributed by atoms with E-state index in [2.05, 4.69) is 6.92 Å². The van der Waals surface area contributed by atoms with Gasteiger partial charge in [-0.3, -0.25) is 4.57 Å². The van der Waals surface area contributed by atoms with Gasteiger partial charge < -0.3 is 9.26 Å². The third kappa shape index (κ3) is 8.54. The number of carbonyl (C=O) groups excluding carboxylic acids is 1. The van der Waals surface area contributed by atoms with Crippen LogP contribution in [0.1, 0.15) is 58.3 Å². The van der Waals surface area contributed by atoms with Crippen molar-refractivity contribution in [2.24, 2.45) is 0 Å². The van der Waals surface area contributed by atoms with Gasteiger partial charge in [0.1, 0.15) is 11.7 Å². The molecular weight excluding hydrogens is 335 g/mol. The first-order valence-corrected chi connectivity index (χ1v) is 11.0. The summed E-state index contributed by atoms with van der Waals surface area (Å²) in [5.41, 5.74) is 0. The van der Waals surface area contributed by atoms with Crippen LogP contribution in [0, 0.1) is 0 Å². The third-order valence-electron chi connectivity index (χ3n) is 4.18. The van der Waals surface area contributed by atoms with E-state index in [1.54, 1.807) is 5.94 Å². The number of hydrogen-bond donors (Lipinski definition) is 0. The van der Waals surface area contributed by atoms with E-state index in [0.29, 0.717) is 30.9 Å². The monoisotopic (exact) mass is 366 g/mol. The Morgan fingerprint density at radius 3 is 2.36 bits per heavy atom. The smallest absolute Gasteiger partial charge is 0.231 e. The second-order valence-electron chi connectivity index (χ2n) is 6.15. The van der Waals surface area contributed by atoms with Crippen LogP contribution in [0.4, 0.5) is 0 Å². The van der Waals surface area contributed by atoms with Gasteiger partial charge in [0, 0.05) is 18.6 Å². The van der Waals surface area contributed by atoms with Gasteiger partial charge in [-0.1, -0.05) is 39.0 Å². The Balaban J connectivity index is 2.42. The number of benzene rings is 1. The lowest BCUT2D eigenvalue weighted by Gasteiger charge is -2.16. The minimum absolute atomic E-state index is 0.416. The molecule has 0 amide bonds. The minimum atomic E-state index is -2.87. The molecule has 1 unspecified atom stereocenters. The zero-order chi connectivity index (χ0) is 18.4. The molecule has 0 fully saturated rings. The van der Waals surface area contributed by atoms with Crippen molar-refractivity contribution in [1.82, 2.24) is 0 Å². The van der Waals surface area contributed by atoms with E-state index in [1.165, 1.54) is 45.3 Å². The van der Waals surface area contributed by atoms with Crippen LogP contribution in [0.25, 0.3) is 0 Å². The molecule has 0 saturated heterocycles. The number of rotatable bonds is 14. The largest absolute Gasteiger partial charge is 0.494 e. The van der Waals surface area contributed by atoms with Gasteiger partial charge in [0.15, 0.2) is 0 Å². The van der Waals surface area contributed by atoms with Crippen molar-refractivity contribution in [3.05, 3.63) is 30.3 Å². The first-order valence-electron chi connectivity index (χ1n) is 9.24. The van der Waals surface area contributed by atoms with Crippen molar-refractivity contribution in [2.75, 3.05) is 19.9 Å². The molecule has 25 heavy (non-hydrogen) atoms. The molecule has 0 N–H and O–H groups in total. The summed E-state index contributed by atoms with van der Waals surface area (Å²) in [4.78, 5) is 10.2. The topological polar surface area (TPSA) is 52.6 Å². The molecule has 1 aromatic rings. The second kappa shape index (κ2) is 12.9. The van der Waals surface area contributed by atoms with Gasteiger partial charge >= 0.3 is 0 Å². The molecular formula is C20H31O4P. The molecule has 140 valence electrons. The highest BCUT2D eigenvalue weighted by molar-refractivity contribution is 7.66. The van der Waals surface area contributed by atoms with Gasteiger partial charge in [0.2, 0.25) is 7.37 Å². The van der Waals surface area contributed by atoms with Crippen LogP contribution in [0.15, 0.2) is 30.3 Å². The van der Waals surface area contributed by atoms with E-state index in [9.17, 15) is 9.36 Å². The SMILES string of the molecule is CCCCCCCCOc1ccc(P(=O)(CCCC=C=O)OC)cc1. The molecule has 0 spiro atoms. The van der Waals surface area contributed by atoms with Gasteiger partial charge in [-0.15, -0.1) is 0 Å². The molecule has 5 heteroatoms. The molecule has 1 atom stereocenters. The Hall–Kier alpha value is -1.34. The summed E-state index contributed by atoms with van der Waals surface area (Å²) in [5.74, 6) is 2.53. The predicted molar refractivity (Wildman–Crippen MR) is 104 cm³/mol.